The lowest BCUT2D eigenvalue weighted by Gasteiger charge is -2.07. The van der Waals surface area contributed by atoms with Crippen molar-refractivity contribution in [2.75, 3.05) is 24.7 Å². The minimum atomic E-state index is -0.459. The van der Waals surface area contributed by atoms with Crippen LogP contribution in [-0.4, -0.2) is 40.6 Å². The molecule has 0 radical (unpaired) electrons. The van der Waals surface area contributed by atoms with Gasteiger partial charge in [-0.2, -0.15) is 0 Å². The Morgan fingerprint density at radius 2 is 2.07 bits per heavy atom. The van der Waals surface area contributed by atoms with Crippen molar-refractivity contribution in [3.05, 3.63) is 48.4 Å². The van der Waals surface area contributed by atoms with Gasteiger partial charge in [-0.15, -0.1) is 11.8 Å². The van der Waals surface area contributed by atoms with Crippen molar-refractivity contribution in [2.24, 2.45) is 0 Å². The Balaban J connectivity index is 1.73. The number of amides is 1. The number of benzene rings is 1. The van der Waals surface area contributed by atoms with Crippen molar-refractivity contribution in [1.29, 1.82) is 0 Å². The lowest BCUT2D eigenvalue weighted by molar-refractivity contribution is 0.172. The molecule has 2 aromatic heterocycles. The van der Waals surface area contributed by atoms with Crippen molar-refractivity contribution in [3.63, 3.8) is 0 Å². The summed E-state index contributed by atoms with van der Waals surface area (Å²) in [4.78, 5) is 19.9. The van der Waals surface area contributed by atoms with Crippen LogP contribution in [0.5, 0.6) is 0 Å². The number of thioether (sulfide) groups is 1. The van der Waals surface area contributed by atoms with Crippen LogP contribution in [0.15, 0.2) is 52.1 Å². The highest BCUT2D eigenvalue weighted by Crippen LogP contribution is 2.32. The molecule has 3 aromatic rings. The summed E-state index contributed by atoms with van der Waals surface area (Å²) < 4.78 is 9.89. The van der Waals surface area contributed by atoms with Gasteiger partial charge in [0.1, 0.15) is 10.8 Å². The number of carbonyl (C=O) groups excluding carboxylic acids is 1. The lowest BCUT2D eigenvalue weighted by atomic mass is 10.2. The predicted molar refractivity (Wildman–Crippen MR) is 103 cm³/mol. The Morgan fingerprint density at radius 3 is 2.85 bits per heavy atom. The van der Waals surface area contributed by atoms with Gasteiger partial charge in [-0.3, -0.25) is 0 Å². The van der Waals surface area contributed by atoms with Crippen LogP contribution < -0.4 is 10.6 Å². The molecule has 0 unspecified atom stereocenters. The maximum absolute atomic E-state index is 11.1. The van der Waals surface area contributed by atoms with Gasteiger partial charge in [-0.1, -0.05) is 23.4 Å². The highest BCUT2D eigenvalue weighted by atomic mass is 32.2. The van der Waals surface area contributed by atoms with E-state index in [1.165, 1.54) is 18.9 Å². The maximum atomic E-state index is 11.1. The molecule has 2 N–H and O–H groups in total. The van der Waals surface area contributed by atoms with Crippen molar-refractivity contribution in [1.82, 2.24) is 20.4 Å². The van der Waals surface area contributed by atoms with Gasteiger partial charge in [0.15, 0.2) is 0 Å². The van der Waals surface area contributed by atoms with Crippen LogP contribution in [0, 0.1) is 6.92 Å². The molecular weight excluding hydrogens is 366 g/mol. The van der Waals surface area contributed by atoms with Gasteiger partial charge >= 0.3 is 6.09 Å². The van der Waals surface area contributed by atoms with Gasteiger partial charge in [-0.05, 0) is 25.1 Å². The van der Waals surface area contributed by atoms with Crippen LogP contribution in [0.25, 0.3) is 11.3 Å². The minimum absolute atomic E-state index is 0.452. The molecule has 0 saturated heterocycles. The van der Waals surface area contributed by atoms with Crippen LogP contribution >= 0.6 is 11.8 Å². The standard InChI is InChI=1S/C18H19N5O3S/c1-12-15(16(23-26-12)27-11-10-20-18(24)25-2)14-8-9-19-17(22-14)21-13-6-4-3-5-7-13/h3-9H,10-11H2,1-2H3,(H,20,24)(H,19,21,22). The first-order valence-corrected chi connectivity index (χ1v) is 9.22. The third-order valence-electron chi connectivity index (χ3n) is 3.57. The van der Waals surface area contributed by atoms with E-state index in [-0.39, 0.29) is 0 Å². The third-order valence-corrected chi connectivity index (χ3v) is 4.53. The number of carbonyl (C=O) groups is 1. The summed E-state index contributed by atoms with van der Waals surface area (Å²) in [6, 6.07) is 11.5. The molecule has 0 fully saturated rings. The number of aryl methyl sites for hydroxylation is 1. The fourth-order valence-electron chi connectivity index (χ4n) is 2.32. The van der Waals surface area contributed by atoms with Crippen molar-refractivity contribution < 1.29 is 14.1 Å². The van der Waals surface area contributed by atoms with E-state index in [1.807, 2.05) is 43.3 Å². The van der Waals surface area contributed by atoms with Gasteiger partial charge in [0.25, 0.3) is 0 Å². The van der Waals surface area contributed by atoms with E-state index < -0.39 is 6.09 Å². The quantitative estimate of drug-likeness (QED) is 0.469. The molecule has 1 aromatic carbocycles. The SMILES string of the molecule is COC(=O)NCCSc1noc(C)c1-c1ccnc(Nc2ccccc2)n1. The van der Waals surface area contributed by atoms with E-state index in [0.717, 1.165) is 11.3 Å². The number of hydrogen-bond acceptors (Lipinski definition) is 8. The molecule has 9 heteroatoms. The fourth-order valence-corrected chi connectivity index (χ4v) is 3.20. The third kappa shape index (κ3) is 4.98. The fraction of sp³-hybridized carbons (Fsp3) is 0.222. The van der Waals surface area contributed by atoms with Crippen LogP contribution in [-0.2, 0) is 4.74 Å². The molecule has 2 heterocycles. The van der Waals surface area contributed by atoms with Crippen LogP contribution in [0.4, 0.5) is 16.4 Å². The van der Waals surface area contributed by atoms with Gasteiger partial charge in [0, 0.05) is 24.2 Å². The molecule has 0 bridgehead atoms. The molecular formula is C18H19N5O3S. The average Bonchev–Trinajstić information content (AvgIpc) is 3.06. The molecule has 1 amide bonds. The molecule has 0 spiro atoms. The van der Waals surface area contributed by atoms with E-state index in [4.69, 9.17) is 4.52 Å². The molecule has 8 nitrogen and oxygen atoms in total. The van der Waals surface area contributed by atoms with Crippen LogP contribution in [0.3, 0.4) is 0 Å². The lowest BCUT2D eigenvalue weighted by Crippen LogP contribution is -2.25. The second-order valence-corrected chi connectivity index (χ2v) is 6.53. The Morgan fingerprint density at radius 1 is 1.26 bits per heavy atom. The average molecular weight is 385 g/mol. The number of alkyl carbamates (subject to hydrolysis) is 1. The van der Waals surface area contributed by atoms with E-state index in [1.54, 1.807) is 6.20 Å². The molecule has 0 saturated carbocycles. The normalized spacial score (nSPS) is 10.4. The van der Waals surface area contributed by atoms with E-state index in [2.05, 4.69) is 30.5 Å². The number of methoxy groups -OCH3 is 1. The zero-order valence-electron chi connectivity index (χ0n) is 14.9. The molecule has 3 rings (SSSR count). The number of nitrogens with one attached hydrogen (secondary N) is 2. The van der Waals surface area contributed by atoms with Crippen LogP contribution in [0.1, 0.15) is 5.76 Å². The first-order valence-electron chi connectivity index (χ1n) is 8.23. The van der Waals surface area contributed by atoms with Crippen molar-refractivity contribution in [2.45, 2.75) is 11.9 Å². The number of ether oxygens (including phenoxy) is 1. The molecule has 0 aliphatic heterocycles. The number of nitrogens with zero attached hydrogens (tertiary/aromatic N) is 3. The van der Waals surface area contributed by atoms with E-state index in [0.29, 0.717) is 34.7 Å². The van der Waals surface area contributed by atoms with Gasteiger partial charge < -0.3 is 19.9 Å². The van der Waals surface area contributed by atoms with E-state index >= 15 is 0 Å². The molecule has 0 aliphatic rings. The largest absolute Gasteiger partial charge is 0.453 e. The first kappa shape index (κ1) is 18.7. The number of aromatic nitrogens is 3. The molecule has 140 valence electrons. The Labute approximate surface area is 160 Å². The maximum Gasteiger partial charge on any atom is 0.406 e. The highest BCUT2D eigenvalue weighted by molar-refractivity contribution is 7.99. The Hall–Kier alpha value is -3.07. The highest BCUT2D eigenvalue weighted by Gasteiger charge is 2.17. The zero-order valence-corrected chi connectivity index (χ0v) is 15.7. The number of rotatable bonds is 7. The smallest absolute Gasteiger partial charge is 0.406 e. The minimum Gasteiger partial charge on any atom is -0.453 e. The Kier molecular flexibility index (Phi) is 6.26. The van der Waals surface area contributed by atoms with Crippen LogP contribution in [0.2, 0.25) is 0 Å². The zero-order chi connectivity index (χ0) is 19.1. The summed E-state index contributed by atoms with van der Waals surface area (Å²) in [5, 5.41) is 10.6. The molecule has 27 heavy (non-hydrogen) atoms. The summed E-state index contributed by atoms with van der Waals surface area (Å²) in [5.41, 5.74) is 2.43. The molecule has 0 atom stereocenters. The first-order chi connectivity index (χ1) is 13.2. The molecule has 0 aliphatic carbocycles. The predicted octanol–water partition coefficient (Wildman–Crippen LogP) is 3.63. The number of hydrogen-bond donors (Lipinski definition) is 2. The number of para-hydroxylation sites is 1. The van der Waals surface area contributed by atoms with Gasteiger partial charge in [-0.25, -0.2) is 14.8 Å². The second kappa shape index (κ2) is 9.04. The Bertz CT molecular complexity index is 901. The van der Waals surface area contributed by atoms with Crippen molar-refractivity contribution in [3.8, 4) is 11.3 Å². The summed E-state index contributed by atoms with van der Waals surface area (Å²) in [6.45, 7) is 2.29. The monoisotopic (exact) mass is 385 g/mol. The van der Waals surface area contributed by atoms with Gasteiger partial charge in [0.05, 0.1) is 18.4 Å². The second-order valence-electron chi connectivity index (χ2n) is 5.44. The summed E-state index contributed by atoms with van der Waals surface area (Å²) in [7, 11) is 1.33. The van der Waals surface area contributed by atoms with E-state index in [9.17, 15) is 4.79 Å². The number of anilines is 2. The summed E-state index contributed by atoms with van der Waals surface area (Å²) in [5.74, 6) is 1.78. The summed E-state index contributed by atoms with van der Waals surface area (Å²) >= 11 is 1.47. The summed E-state index contributed by atoms with van der Waals surface area (Å²) in [6.07, 6.45) is 1.23. The van der Waals surface area contributed by atoms with Gasteiger partial charge in [0.2, 0.25) is 5.95 Å². The van der Waals surface area contributed by atoms with Crippen molar-refractivity contribution >= 4 is 29.5 Å². The topological polar surface area (TPSA) is 102 Å².